The van der Waals surface area contributed by atoms with Crippen molar-refractivity contribution in [3.63, 3.8) is 0 Å². The number of nitrogens with zero attached hydrogens (tertiary/aromatic N) is 1. The molecule has 17 heavy (non-hydrogen) atoms. The number of benzene rings is 1. The molecule has 1 aliphatic heterocycles. The predicted octanol–water partition coefficient (Wildman–Crippen LogP) is 2.64. The first-order valence-corrected chi connectivity index (χ1v) is 6.32. The Labute approximate surface area is 102 Å². The second-order valence-corrected chi connectivity index (χ2v) is 4.98. The Bertz CT molecular complexity index is 466. The molecule has 1 spiro atoms. The third kappa shape index (κ3) is 1.51. The Morgan fingerprint density at radius 3 is 3.00 bits per heavy atom. The first-order chi connectivity index (χ1) is 8.37. The molecular formula is C15H17NO. The van der Waals surface area contributed by atoms with Gasteiger partial charge in [-0.15, -0.1) is 0 Å². The van der Waals surface area contributed by atoms with Crippen LogP contribution in [0.3, 0.4) is 0 Å². The van der Waals surface area contributed by atoms with Gasteiger partial charge in [0.2, 0.25) is 6.41 Å². The van der Waals surface area contributed by atoms with Crippen LogP contribution in [0.1, 0.15) is 30.4 Å². The number of amides is 1. The highest BCUT2D eigenvalue weighted by atomic mass is 16.1. The van der Waals surface area contributed by atoms with E-state index in [1.54, 1.807) is 0 Å². The molecule has 1 aromatic carbocycles. The van der Waals surface area contributed by atoms with Gasteiger partial charge in [-0.25, -0.2) is 0 Å². The second-order valence-electron chi connectivity index (χ2n) is 4.98. The molecular weight excluding hydrogens is 210 g/mol. The Morgan fingerprint density at radius 2 is 2.12 bits per heavy atom. The monoisotopic (exact) mass is 227 g/mol. The van der Waals surface area contributed by atoms with Crippen molar-refractivity contribution in [2.75, 3.05) is 6.54 Å². The van der Waals surface area contributed by atoms with E-state index in [4.69, 9.17) is 0 Å². The Morgan fingerprint density at radius 1 is 1.24 bits per heavy atom. The summed E-state index contributed by atoms with van der Waals surface area (Å²) in [5.74, 6) is 0. The van der Waals surface area contributed by atoms with Gasteiger partial charge in [0.25, 0.3) is 0 Å². The van der Waals surface area contributed by atoms with E-state index in [1.165, 1.54) is 17.5 Å². The standard InChI is InChI=1S/C15H17NO/c17-12-16-11-4-3-9-15(16)10-5-7-13-6-1-2-8-14(13)15/h1-4,6,8,12H,5,7,9-11H2. The van der Waals surface area contributed by atoms with Crippen molar-refractivity contribution in [2.24, 2.45) is 0 Å². The Balaban J connectivity index is 2.14. The van der Waals surface area contributed by atoms with Gasteiger partial charge in [0, 0.05) is 6.54 Å². The zero-order chi connectivity index (χ0) is 11.7. The minimum Gasteiger partial charge on any atom is -0.331 e. The first-order valence-electron chi connectivity index (χ1n) is 6.32. The highest BCUT2D eigenvalue weighted by Crippen LogP contribution is 2.43. The molecule has 2 heteroatoms. The van der Waals surface area contributed by atoms with Crippen molar-refractivity contribution in [3.8, 4) is 0 Å². The Kier molecular flexibility index (Phi) is 2.50. The van der Waals surface area contributed by atoms with Crippen molar-refractivity contribution in [2.45, 2.75) is 31.2 Å². The summed E-state index contributed by atoms with van der Waals surface area (Å²) in [6, 6.07) is 8.59. The molecule has 2 nitrogen and oxygen atoms in total. The minimum absolute atomic E-state index is 0.0641. The summed E-state index contributed by atoms with van der Waals surface area (Å²) in [7, 11) is 0. The fourth-order valence-electron chi connectivity index (χ4n) is 3.31. The smallest absolute Gasteiger partial charge is 0.210 e. The van der Waals surface area contributed by atoms with Crippen molar-refractivity contribution in [1.82, 2.24) is 4.90 Å². The van der Waals surface area contributed by atoms with Gasteiger partial charge in [-0.1, -0.05) is 36.4 Å². The molecule has 2 aliphatic rings. The zero-order valence-electron chi connectivity index (χ0n) is 9.93. The molecule has 0 radical (unpaired) electrons. The van der Waals surface area contributed by atoms with E-state index in [9.17, 15) is 4.79 Å². The normalized spacial score (nSPS) is 26.9. The third-order valence-corrected chi connectivity index (χ3v) is 4.16. The number of carbonyl (C=O) groups is 1. The molecule has 0 saturated heterocycles. The van der Waals surface area contributed by atoms with Gasteiger partial charge in [0.05, 0.1) is 5.54 Å². The van der Waals surface area contributed by atoms with Gasteiger partial charge >= 0.3 is 0 Å². The summed E-state index contributed by atoms with van der Waals surface area (Å²) in [5, 5.41) is 0. The first kappa shape index (κ1) is 10.6. The van der Waals surface area contributed by atoms with Gasteiger partial charge < -0.3 is 4.90 Å². The number of fused-ring (bicyclic) bond motifs is 2. The van der Waals surface area contributed by atoms with Crippen LogP contribution in [-0.4, -0.2) is 17.9 Å². The van der Waals surface area contributed by atoms with Crippen molar-refractivity contribution in [3.05, 3.63) is 47.5 Å². The molecule has 88 valence electrons. The fourth-order valence-corrected chi connectivity index (χ4v) is 3.31. The van der Waals surface area contributed by atoms with E-state index >= 15 is 0 Å². The molecule has 1 amide bonds. The van der Waals surface area contributed by atoms with Gasteiger partial charge in [-0.2, -0.15) is 0 Å². The number of aryl methyl sites for hydroxylation is 1. The molecule has 0 aromatic heterocycles. The average Bonchev–Trinajstić information content (AvgIpc) is 2.40. The van der Waals surface area contributed by atoms with Crippen LogP contribution in [-0.2, 0) is 16.8 Å². The maximum Gasteiger partial charge on any atom is 0.210 e. The lowest BCUT2D eigenvalue weighted by atomic mass is 9.72. The van der Waals surface area contributed by atoms with E-state index in [0.29, 0.717) is 0 Å². The van der Waals surface area contributed by atoms with Crippen LogP contribution in [0.2, 0.25) is 0 Å². The number of rotatable bonds is 1. The van der Waals surface area contributed by atoms with E-state index in [0.717, 1.165) is 32.2 Å². The van der Waals surface area contributed by atoms with Crippen molar-refractivity contribution < 1.29 is 4.79 Å². The summed E-state index contributed by atoms with van der Waals surface area (Å²) >= 11 is 0. The molecule has 3 rings (SSSR count). The second kappa shape index (κ2) is 4.02. The van der Waals surface area contributed by atoms with E-state index in [-0.39, 0.29) is 5.54 Å². The minimum atomic E-state index is -0.0641. The van der Waals surface area contributed by atoms with Crippen LogP contribution in [0, 0.1) is 0 Å². The molecule has 1 aromatic rings. The quantitative estimate of drug-likeness (QED) is 0.533. The van der Waals surface area contributed by atoms with Crippen LogP contribution >= 0.6 is 0 Å². The van der Waals surface area contributed by atoms with Crippen molar-refractivity contribution >= 4 is 6.41 Å². The summed E-state index contributed by atoms with van der Waals surface area (Å²) in [5.41, 5.74) is 2.72. The summed E-state index contributed by atoms with van der Waals surface area (Å²) in [4.78, 5) is 13.3. The van der Waals surface area contributed by atoms with Crippen molar-refractivity contribution in [1.29, 1.82) is 0 Å². The lowest BCUT2D eigenvalue weighted by Gasteiger charge is -2.47. The van der Waals surface area contributed by atoms with Gasteiger partial charge in [-0.3, -0.25) is 4.79 Å². The molecule has 0 fully saturated rings. The zero-order valence-corrected chi connectivity index (χ0v) is 9.93. The van der Waals surface area contributed by atoms with E-state index in [1.807, 2.05) is 4.90 Å². The molecule has 0 N–H and O–H groups in total. The average molecular weight is 227 g/mol. The van der Waals surface area contributed by atoms with E-state index in [2.05, 4.69) is 36.4 Å². The molecule has 1 atom stereocenters. The number of carbonyl (C=O) groups excluding carboxylic acids is 1. The van der Waals surface area contributed by atoms with Crippen LogP contribution in [0.25, 0.3) is 0 Å². The molecule has 1 aliphatic carbocycles. The Hall–Kier alpha value is -1.57. The molecule has 1 unspecified atom stereocenters. The van der Waals surface area contributed by atoms with Crippen LogP contribution in [0.15, 0.2) is 36.4 Å². The lowest BCUT2D eigenvalue weighted by Crippen LogP contribution is -2.49. The molecule has 1 heterocycles. The van der Waals surface area contributed by atoms with Crippen LogP contribution in [0.5, 0.6) is 0 Å². The van der Waals surface area contributed by atoms with Crippen LogP contribution < -0.4 is 0 Å². The predicted molar refractivity (Wildman–Crippen MR) is 67.6 cm³/mol. The highest BCUT2D eigenvalue weighted by molar-refractivity contribution is 5.53. The molecule has 0 saturated carbocycles. The largest absolute Gasteiger partial charge is 0.331 e. The third-order valence-electron chi connectivity index (χ3n) is 4.16. The molecule has 0 bridgehead atoms. The summed E-state index contributed by atoms with van der Waals surface area (Å²) < 4.78 is 0. The topological polar surface area (TPSA) is 20.3 Å². The van der Waals surface area contributed by atoms with Crippen LogP contribution in [0.4, 0.5) is 0 Å². The highest BCUT2D eigenvalue weighted by Gasteiger charge is 2.41. The van der Waals surface area contributed by atoms with Gasteiger partial charge in [0.1, 0.15) is 0 Å². The maximum atomic E-state index is 11.3. The lowest BCUT2D eigenvalue weighted by molar-refractivity contribution is -0.124. The SMILES string of the molecule is O=CN1CC=CCC12CCCc1ccccc12. The number of hydrogen-bond acceptors (Lipinski definition) is 1. The maximum absolute atomic E-state index is 11.3. The van der Waals surface area contributed by atoms with Gasteiger partial charge in [-0.05, 0) is 36.8 Å². The van der Waals surface area contributed by atoms with E-state index < -0.39 is 0 Å². The fraction of sp³-hybridized carbons (Fsp3) is 0.400. The summed E-state index contributed by atoms with van der Waals surface area (Å²) in [6.45, 7) is 0.748. The summed E-state index contributed by atoms with van der Waals surface area (Å²) in [6.07, 6.45) is 9.71. The van der Waals surface area contributed by atoms with Gasteiger partial charge in [0.15, 0.2) is 0 Å². The number of hydrogen-bond donors (Lipinski definition) is 0.